The number of hydrogen-bond donors (Lipinski definition) is 2. The highest BCUT2D eigenvalue weighted by atomic mass is 35.5. The number of hydrogen-bond acceptors (Lipinski definition) is 4. The maximum Gasteiger partial charge on any atom is 0.243 e. The molecule has 1 aliphatic rings. The molecule has 2 rings (SSSR count). The van der Waals surface area contributed by atoms with Gasteiger partial charge in [0.1, 0.15) is 0 Å². The van der Waals surface area contributed by atoms with Gasteiger partial charge in [0.2, 0.25) is 15.9 Å². The maximum atomic E-state index is 12.3. The molecular formula is C13H20ClN3O3S. The second-order valence-corrected chi connectivity index (χ2v) is 6.67. The minimum Gasteiger partial charge on any atom is -0.351 e. The van der Waals surface area contributed by atoms with Gasteiger partial charge in [-0.05, 0) is 30.5 Å². The summed E-state index contributed by atoms with van der Waals surface area (Å²) in [6.07, 6.45) is 1.84. The Bertz CT molecular complexity index is 569. The van der Waals surface area contributed by atoms with Crippen molar-refractivity contribution >= 4 is 28.3 Å². The zero-order chi connectivity index (χ0) is 14.6. The number of sulfonamides is 1. The highest BCUT2D eigenvalue weighted by Gasteiger charge is 2.26. The van der Waals surface area contributed by atoms with E-state index in [-0.39, 0.29) is 24.9 Å². The topological polar surface area (TPSA) is 92.5 Å². The van der Waals surface area contributed by atoms with Crippen LogP contribution in [0.2, 0.25) is 0 Å². The Hall–Kier alpha value is -1.15. The lowest BCUT2D eigenvalue weighted by Gasteiger charge is -2.15. The fraction of sp³-hybridized carbons (Fsp3) is 0.462. The average molecular weight is 334 g/mol. The third-order valence-electron chi connectivity index (χ3n) is 3.30. The van der Waals surface area contributed by atoms with Crippen molar-refractivity contribution in [2.24, 2.45) is 5.73 Å². The van der Waals surface area contributed by atoms with Gasteiger partial charge in [0, 0.05) is 19.6 Å². The second-order valence-electron chi connectivity index (χ2n) is 4.74. The number of benzene rings is 1. The molecule has 3 N–H and O–H groups in total. The molecule has 8 heteroatoms. The van der Waals surface area contributed by atoms with Crippen LogP contribution >= 0.6 is 12.4 Å². The first-order valence-corrected chi connectivity index (χ1v) is 8.04. The predicted molar refractivity (Wildman–Crippen MR) is 82.6 cm³/mol. The summed E-state index contributed by atoms with van der Waals surface area (Å²) >= 11 is 0. The molecule has 0 radical (unpaired) electrons. The van der Waals surface area contributed by atoms with Gasteiger partial charge in [-0.3, -0.25) is 4.79 Å². The van der Waals surface area contributed by atoms with E-state index in [1.54, 1.807) is 24.3 Å². The average Bonchev–Trinajstić information content (AvgIpc) is 3.00. The first kappa shape index (κ1) is 17.9. The van der Waals surface area contributed by atoms with Gasteiger partial charge in [0.15, 0.2) is 0 Å². The van der Waals surface area contributed by atoms with E-state index in [4.69, 9.17) is 5.73 Å². The number of carbonyl (C=O) groups is 1. The monoisotopic (exact) mass is 333 g/mol. The Morgan fingerprint density at radius 2 is 1.76 bits per heavy atom. The SMILES string of the molecule is Cl.NCC(=O)NCc1ccc(S(=O)(=O)N2CCCC2)cc1. The van der Waals surface area contributed by atoms with Crippen LogP contribution in [0.1, 0.15) is 18.4 Å². The van der Waals surface area contributed by atoms with Crippen molar-refractivity contribution in [3.63, 3.8) is 0 Å². The smallest absolute Gasteiger partial charge is 0.243 e. The number of carbonyl (C=O) groups excluding carboxylic acids is 1. The molecule has 0 spiro atoms. The summed E-state index contributed by atoms with van der Waals surface area (Å²) in [6.45, 7) is 1.48. The lowest BCUT2D eigenvalue weighted by molar-refractivity contribution is -0.119. The Morgan fingerprint density at radius 1 is 1.19 bits per heavy atom. The summed E-state index contributed by atoms with van der Waals surface area (Å²) < 4.78 is 26.1. The number of nitrogens with zero attached hydrogens (tertiary/aromatic N) is 1. The first-order chi connectivity index (χ1) is 9.54. The molecular weight excluding hydrogens is 314 g/mol. The zero-order valence-corrected chi connectivity index (χ0v) is 13.3. The predicted octanol–water partition coefficient (Wildman–Crippen LogP) is 0.468. The minimum atomic E-state index is -3.37. The second kappa shape index (κ2) is 7.74. The van der Waals surface area contributed by atoms with Crippen molar-refractivity contribution in [3.05, 3.63) is 29.8 Å². The van der Waals surface area contributed by atoms with Gasteiger partial charge in [-0.2, -0.15) is 4.31 Å². The van der Waals surface area contributed by atoms with E-state index in [0.29, 0.717) is 24.5 Å². The fourth-order valence-corrected chi connectivity index (χ4v) is 3.65. The quantitative estimate of drug-likeness (QED) is 0.819. The molecule has 1 heterocycles. The van der Waals surface area contributed by atoms with Gasteiger partial charge in [0.25, 0.3) is 0 Å². The summed E-state index contributed by atoms with van der Waals surface area (Å²) in [5.41, 5.74) is 6.03. The van der Waals surface area contributed by atoms with E-state index in [1.807, 2.05) is 0 Å². The number of rotatable bonds is 5. The molecule has 6 nitrogen and oxygen atoms in total. The molecule has 0 bridgehead atoms. The summed E-state index contributed by atoms with van der Waals surface area (Å²) in [4.78, 5) is 11.3. The molecule has 0 unspecified atom stereocenters. The highest BCUT2D eigenvalue weighted by Crippen LogP contribution is 2.20. The van der Waals surface area contributed by atoms with Crippen LogP contribution in [-0.4, -0.2) is 38.3 Å². The van der Waals surface area contributed by atoms with Crippen LogP contribution in [0.25, 0.3) is 0 Å². The Labute approximate surface area is 131 Å². The molecule has 1 fully saturated rings. The van der Waals surface area contributed by atoms with Crippen LogP contribution in [0.3, 0.4) is 0 Å². The van der Waals surface area contributed by atoms with Crippen molar-refractivity contribution in [2.45, 2.75) is 24.3 Å². The van der Waals surface area contributed by atoms with Crippen LogP contribution in [0.4, 0.5) is 0 Å². The third-order valence-corrected chi connectivity index (χ3v) is 5.21. The molecule has 1 saturated heterocycles. The van der Waals surface area contributed by atoms with Crippen molar-refractivity contribution in [2.75, 3.05) is 19.6 Å². The van der Waals surface area contributed by atoms with Crippen molar-refractivity contribution < 1.29 is 13.2 Å². The van der Waals surface area contributed by atoms with Crippen molar-refractivity contribution in [1.82, 2.24) is 9.62 Å². The largest absolute Gasteiger partial charge is 0.351 e. The van der Waals surface area contributed by atoms with Crippen molar-refractivity contribution in [1.29, 1.82) is 0 Å². The van der Waals surface area contributed by atoms with E-state index >= 15 is 0 Å². The normalized spacial score (nSPS) is 15.5. The van der Waals surface area contributed by atoms with E-state index in [1.165, 1.54) is 4.31 Å². The molecule has 0 saturated carbocycles. The van der Waals surface area contributed by atoms with E-state index < -0.39 is 10.0 Å². The van der Waals surface area contributed by atoms with Gasteiger partial charge in [-0.1, -0.05) is 12.1 Å². The van der Waals surface area contributed by atoms with Crippen LogP contribution in [0, 0.1) is 0 Å². The molecule has 0 atom stereocenters. The van der Waals surface area contributed by atoms with Crippen LogP contribution in [-0.2, 0) is 21.4 Å². The minimum absolute atomic E-state index is 0. The molecule has 1 aromatic rings. The number of halogens is 1. The van der Waals surface area contributed by atoms with E-state index in [0.717, 1.165) is 18.4 Å². The standard InChI is InChI=1S/C13H19N3O3S.ClH/c14-9-13(17)15-10-11-3-5-12(6-4-11)20(18,19)16-7-1-2-8-16;/h3-6H,1-2,7-10,14H2,(H,15,17);1H. The highest BCUT2D eigenvalue weighted by molar-refractivity contribution is 7.89. The molecule has 1 aliphatic heterocycles. The van der Waals surface area contributed by atoms with Crippen LogP contribution in [0.5, 0.6) is 0 Å². The molecule has 0 aliphatic carbocycles. The lowest BCUT2D eigenvalue weighted by Crippen LogP contribution is -2.29. The lowest BCUT2D eigenvalue weighted by atomic mass is 10.2. The van der Waals surface area contributed by atoms with Gasteiger partial charge in [-0.15, -0.1) is 12.4 Å². The molecule has 1 aromatic carbocycles. The third kappa shape index (κ3) is 4.41. The summed E-state index contributed by atoms with van der Waals surface area (Å²) in [7, 11) is -3.37. The fourth-order valence-electron chi connectivity index (χ4n) is 2.13. The zero-order valence-electron chi connectivity index (χ0n) is 11.6. The molecule has 118 valence electrons. The summed E-state index contributed by atoms with van der Waals surface area (Å²) in [5.74, 6) is -0.237. The molecule has 21 heavy (non-hydrogen) atoms. The number of nitrogens with two attached hydrogens (primary N) is 1. The number of amides is 1. The number of nitrogens with one attached hydrogen (secondary N) is 1. The first-order valence-electron chi connectivity index (χ1n) is 6.60. The Kier molecular flexibility index (Phi) is 6.60. The van der Waals surface area contributed by atoms with Gasteiger partial charge < -0.3 is 11.1 Å². The van der Waals surface area contributed by atoms with E-state index in [2.05, 4.69) is 5.32 Å². The maximum absolute atomic E-state index is 12.3. The summed E-state index contributed by atoms with van der Waals surface area (Å²) in [6, 6.07) is 6.58. The van der Waals surface area contributed by atoms with Gasteiger partial charge in [-0.25, -0.2) is 8.42 Å². The Morgan fingerprint density at radius 3 is 2.29 bits per heavy atom. The van der Waals surface area contributed by atoms with Gasteiger partial charge in [0.05, 0.1) is 11.4 Å². The molecule has 0 aromatic heterocycles. The molecule has 1 amide bonds. The van der Waals surface area contributed by atoms with Crippen LogP contribution < -0.4 is 11.1 Å². The summed E-state index contributed by atoms with van der Waals surface area (Å²) in [5, 5.41) is 2.64. The van der Waals surface area contributed by atoms with E-state index in [9.17, 15) is 13.2 Å². The van der Waals surface area contributed by atoms with Crippen LogP contribution in [0.15, 0.2) is 29.2 Å². The van der Waals surface area contributed by atoms with Crippen molar-refractivity contribution in [3.8, 4) is 0 Å². The Balaban J connectivity index is 0.00000220. The van der Waals surface area contributed by atoms with Gasteiger partial charge >= 0.3 is 0 Å².